The van der Waals surface area contributed by atoms with Crippen molar-refractivity contribution in [1.29, 1.82) is 0 Å². The first kappa shape index (κ1) is 31.5. The van der Waals surface area contributed by atoms with Gasteiger partial charge in [0.15, 0.2) is 5.78 Å². The van der Waals surface area contributed by atoms with Crippen molar-refractivity contribution >= 4 is 23.8 Å². The molecule has 4 amide bonds. The van der Waals surface area contributed by atoms with Gasteiger partial charge in [0.2, 0.25) is 0 Å². The lowest BCUT2D eigenvalue weighted by Gasteiger charge is -2.26. The van der Waals surface area contributed by atoms with Crippen molar-refractivity contribution in [2.24, 2.45) is 5.92 Å². The van der Waals surface area contributed by atoms with Gasteiger partial charge < -0.3 is 20.1 Å². The number of amides is 4. The van der Waals surface area contributed by atoms with Gasteiger partial charge in [-0.25, -0.2) is 9.59 Å². The van der Waals surface area contributed by atoms with Crippen LogP contribution in [0.2, 0.25) is 0 Å². The zero-order valence-electron chi connectivity index (χ0n) is 23.8. The molecule has 0 saturated heterocycles. The smallest absolute Gasteiger partial charge is 0.407 e. The van der Waals surface area contributed by atoms with Crippen molar-refractivity contribution in [2.75, 3.05) is 13.2 Å². The third-order valence-electron chi connectivity index (χ3n) is 5.87. The molecule has 0 heterocycles. The number of ketones is 1. The molecular weight excluding hydrogens is 498 g/mol. The van der Waals surface area contributed by atoms with Crippen molar-refractivity contribution in [3.05, 3.63) is 71.3 Å². The summed E-state index contributed by atoms with van der Waals surface area (Å²) in [4.78, 5) is 52.3. The highest BCUT2D eigenvalue weighted by molar-refractivity contribution is 6.05. The minimum Gasteiger partial charge on any atom is -0.444 e. The summed E-state index contributed by atoms with van der Waals surface area (Å²) in [6.45, 7) is 11.3. The standard InChI is InChI=1S/C30H41N3O6/c1-7-21(2)18-33(28(36)32-22(3)26(34)20-38-19-23-12-9-8-10-13-23)27(35)25-15-11-14-24(16-25)17-31-29(37)39-30(4,5)6/h8-16,21-22H,7,17-20H2,1-6H3,(H,31,37)(H,32,36)/t21?,22-/m0/s1. The largest absolute Gasteiger partial charge is 0.444 e. The van der Waals surface area contributed by atoms with Gasteiger partial charge in [0.25, 0.3) is 5.91 Å². The van der Waals surface area contributed by atoms with Crippen LogP contribution in [0, 0.1) is 5.92 Å². The summed E-state index contributed by atoms with van der Waals surface area (Å²) < 4.78 is 10.8. The maximum Gasteiger partial charge on any atom is 0.407 e. The maximum atomic E-state index is 13.4. The number of hydrogen-bond acceptors (Lipinski definition) is 6. The first-order valence-electron chi connectivity index (χ1n) is 13.2. The number of urea groups is 1. The van der Waals surface area contributed by atoms with Gasteiger partial charge in [-0.1, -0.05) is 62.7 Å². The zero-order chi connectivity index (χ0) is 29.0. The van der Waals surface area contributed by atoms with Crippen LogP contribution in [-0.4, -0.2) is 53.5 Å². The average molecular weight is 540 g/mol. The van der Waals surface area contributed by atoms with E-state index in [9.17, 15) is 19.2 Å². The second kappa shape index (κ2) is 15.0. The van der Waals surface area contributed by atoms with Crippen LogP contribution in [0.15, 0.2) is 54.6 Å². The van der Waals surface area contributed by atoms with E-state index < -0.39 is 29.7 Å². The van der Waals surface area contributed by atoms with Crippen LogP contribution in [0.4, 0.5) is 9.59 Å². The number of carbonyl (C=O) groups excluding carboxylic acids is 4. The number of imide groups is 1. The summed E-state index contributed by atoms with van der Waals surface area (Å²) in [5.74, 6) is -0.741. The zero-order valence-corrected chi connectivity index (χ0v) is 23.8. The number of hydrogen-bond donors (Lipinski definition) is 2. The molecular formula is C30H41N3O6. The van der Waals surface area contributed by atoms with Gasteiger partial charge in [0, 0.05) is 18.7 Å². The highest BCUT2D eigenvalue weighted by atomic mass is 16.6. The topological polar surface area (TPSA) is 114 Å². The average Bonchev–Trinajstić information content (AvgIpc) is 2.89. The van der Waals surface area contributed by atoms with Crippen LogP contribution in [-0.2, 0) is 27.4 Å². The van der Waals surface area contributed by atoms with Crippen LogP contribution < -0.4 is 10.6 Å². The number of ether oxygens (including phenoxy) is 2. The van der Waals surface area contributed by atoms with Crippen molar-refractivity contribution in [3.8, 4) is 0 Å². The molecule has 2 aromatic carbocycles. The van der Waals surface area contributed by atoms with E-state index in [1.54, 1.807) is 52.0 Å². The van der Waals surface area contributed by atoms with Crippen LogP contribution >= 0.6 is 0 Å². The van der Waals surface area contributed by atoms with Gasteiger partial charge in [0.1, 0.15) is 12.2 Å². The number of nitrogens with one attached hydrogen (secondary N) is 2. The molecule has 0 fully saturated rings. The fourth-order valence-electron chi connectivity index (χ4n) is 3.47. The molecule has 2 rings (SSSR count). The molecule has 9 heteroatoms. The van der Waals surface area contributed by atoms with Crippen molar-refractivity contribution < 1.29 is 28.7 Å². The molecule has 0 radical (unpaired) electrons. The number of carbonyl (C=O) groups is 4. The Hall–Kier alpha value is -3.72. The molecule has 0 bridgehead atoms. The monoisotopic (exact) mass is 539 g/mol. The van der Waals surface area contributed by atoms with Crippen molar-refractivity contribution in [2.45, 2.75) is 72.8 Å². The Bertz CT molecular complexity index is 1110. The van der Waals surface area contributed by atoms with Crippen LogP contribution in [0.1, 0.15) is 69.4 Å². The predicted octanol–water partition coefficient (Wildman–Crippen LogP) is 5.08. The van der Waals surface area contributed by atoms with E-state index in [0.29, 0.717) is 11.1 Å². The lowest BCUT2D eigenvalue weighted by atomic mass is 10.1. The van der Waals surface area contributed by atoms with Gasteiger partial charge in [-0.05, 0) is 56.9 Å². The summed E-state index contributed by atoms with van der Waals surface area (Å²) in [7, 11) is 0. The highest BCUT2D eigenvalue weighted by Gasteiger charge is 2.27. The van der Waals surface area contributed by atoms with E-state index >= 15 is 0 Å². The number of alkyl carbamates (subject to hydrolysis) is 1. The summed E-state index contributed by atoms with van der Waals surface area (Å²) in [6.07, 6.45) is 0.196. The Balaban J connectivity index is 2.04. The third kappa shape index (κ3) is 11.3. The summed E-state index contributed by atoms with van der Waals surface area (Å²) >= 11 is 0. The lowest BCUT2D eigenvalue weighted by molar-refractivity contribution is -0.125. The third-order valence-corrected chi connectivity index (χ3v) is 5.87. The summed E-state index contributed by atoms with van der Waals surface area (Å²) in [6, 6.07) is 14.7. The minimum absolute atomic E-state index is 0.0527. The first-order valence-corrected chi connectivity index (χ1v) is 13.2. The Morgan fingerprint density at radius 1 is 0.949 bits per heavy atom. The number of rotatable bonds is 12. The molecule has 0 aliphatic heterocycles. The quantitative estimate of drug-likeness (QED) is 0.389. The Morgan fingerprint density at radius 3 is 2.26 bits per heavy atom. The van der Waals surface area contributed by atoms with Crippen LogP contribution in [0.3, 0.4) is 0 Å². The summed E-state index contributed by atoms with van der Waals surface area (Å²) in [5, 5.41) is 5.31. The first-order chi connectivity index (χ1) is 18.4. The van der Waals surface area contributed by atoms with Gasteiger partial charge in [-0.3, -0.25) is 14.5 Å². The molecule has 0 saturated carbocycles. The molecule has 0 aromatic heterocycles. The highest BCUT2D eigenvalue weighted by Crippen LogP contribution is 2.14. The normalized spacial score (nSPS) is 12.7. The second-order valence-electron chi connectivity index (χ2n) is 10.6. The molecule has 39 heavy (non-hydrogen) atoms. The van der Waals surface area contributed by atoms with Gasteiger partial charge in [-0.15, -0.1) is 0 Å². The minimum atomic E-state index is -0.843. The van der Waals surface area contributed by atoms with Crippen molar-refractivity contribution in [1.82, 2.24) is 15.5 Å². The van der Waals surface area contributed by atoms with Gasteiger partial charge >= 0.3 is 12.1 Å². The molecule has 0 aliphatic rings. The molecule has 0 aliphatic carbocycles. The fraction of sp³-hybridized carbons (Fsp3) is 0.467. The molecule has 0 spiro atoms. The second-order valence-corrected chi connectivity index (χ2v) is 10.6. The molecule has 212 valence electrons. The SMILES string of the molecule is CCC(C)CN(C(=O)N[C@@H](C)C(=O)COCc1ccccc1)C(=O)c1cccc(CNC(=O)OC(C)(C)C)c1. The molecule has 9 nitrogen and oxygen atoms in total. The molecule has 1 unspecified atom stereocenters. The van der Waals surface area contributed by atoms with Crippen LogP contribution in [0.5, 0.6) is 0 Å². The van der Waals surface area contributed by atoms with Crippen LogP contribution in [0.25, 0.3) is 0 Å². The van der Waals surface area contributed by atoms with E-state index in [4.69, 9.17) is 9.47 Å². The summed E-state index contributed by atoms with van der Waals surface area (Å²) in [5.41, 5.74) is 1.28. The van der Waals surface area contributed by atoms with E-state index in [1.807, 2.05) is 44.2 Å². The molecule has 2 N–H and O–H groups in total. The number of benzene rings is 2. The van der Waals surface area contributed by atoms with E-state index in [1.165, 1.54) is 0 Å². The molecule has 2 aromatic rings. The molecule has 2 atom stereocenters. The Labute approximate surface area is 231 Å². The number of Topliss-reactive ketones (excluding diaryl/α,β-unsaturated/α-hetero) is 1. The fourth-order valence-corrected chi connectivity index (χ4v) is 3.47. The number of nitrogens with zero attached hydrogens (tertiary/aromatic N) is 1. The van der Waals surface area contributed by atoms with E-state index in [-0.39, 0.29) is 38.0 Å². The Kier molecular flexibility index (Phi) is 12.1. The van der Waals surface area contributed by atoms with Gasteiger partial charge in [0.05, 0.1) is 12.6 Å². The maximum absolute atomic E-state index is 13.4. The van der Waals surface area contributed by atoms with E-state index in [0.717, 1.165) is 16.9 Å². The van der Waals surface area contributed by atoms with Gasteiger partial charge in [-0.2, -0.15) is 0 Å². The van der Waals surface area contributed by atoms with E-state index in [2.05, 4.69) is 10.6 Å². The lowest BCUT2D eigenvalue weighted by Crippen LogP contribution is -2.50. The van der Waals surface area contributed by atoms with Crippen molar-refractivity contribution in [3.63, 3.8) is 0 Å². The Morgan fingerprint density at radius 2 is 1.62 bits per heavy atom. The predicted molar refractivity (Wildman–Crippen MR) is 149 cm³/mol.